The molecule has 0 aliphatic heterocycles. The van der Waals surface area contributed by atoms with E-state index in [-0.39, 0.29) is 6.42 Å². The molecule has 0 radical (unpaired) electrons. The first kappa shape index (κ1) is 20.6. The van der Waals surface area contributed by atoms with Gasteiger partial charge >= 0.3 is 12.1 Å². The molecule has 0 saturated carbocycles. The van der Waals surface area contributed by atoms with Crippen molar-refractivity contribution in [3.8, 4) is 17.8 Å². The fourth-order valence-electron chi connectivity index (χ4n) is 2.68. The van der Waals surface area contributed by atoms with E-state index in [1.165, 1.54) is 24.3 Å². The second kappa shape index (κ2) is 7.52. The smallest absolute Gasteiger partial charge is 0.409 e. The highest BCUT2D eigenvalue weighted by atomic mass is 16.6. The Morgan fingerprint density at radius 3 is 2.07 bits per heavy atom. The van der Waals surface area contributed by atoms with E-state index >= 15 is 0 Å². The average Bonchev–Trinajstić information content (AvgIpc) is 2.92. The Kier molecular flexibility index (Phi) is 5.54. The standard InChI is InChI=1S/C19H21N3O6/c1-18(2,3)28-17(27)21-19(16(25)26,22-14(23)8-9-15(22)24)10-12-4-6-13(11-20)7-5-12/h4-9,23-24H,10H2,1-3H3,(H,21,27)(H,25,26)/t19-/m0/s1. The van der Waals surface area contributed by atoms with Gasteiger partial charge in [-0.05, 0) is 38.5 Å². The van der Waals surface area contributed by atoms with Crippen LogP contribution in [0.2, 0.25) is 0 Å². The zero-order chi connectivity index (χ0) is 21.1. The monoisotopic (exact) mass is 387 g/mol. The van der Waals surface area contributed by atoms with Crippen molar-refractivity contribution in [2.45, 2.75) is 38.5 Å². The number of carbonyl (C=O) groups excluding carboxylic acids is 1. The first-order valence-electron chi connectivity index (χ1n) is 8.32. The number of nitrogens with zero attached hydrogens (tertiary/aromatic N) is 2. The van der Waals surface area contributed by atoms with Crippen LogP contribution in [0.25, 0.3) is 0 Å². The second-order valence-corrected chi connectivity index (χ2v) is 7.16. The maximum Gasteiger partial charge on any atom is 0.409 e. The molecule has 1 aromatic heterocycles. The maximum absolute atomic E-state index is 12.4. The Bertz CT molecular complexity index is 901. The number of aromatic hydroxyl groups is 2. The molecule has 148 valence electrons. The van der Waals surface area contributed by atoms with Crippen LogP contribution in [0, 0.1) is 11.3 Å². The number of carboxylic acid groups (broad SMARTS) is 1. The summed E-state index contributed by atoms with van der Waals surface area (Å²) in [5.74, 6) is -2.67. The number of hydrogen-bond donors (Lipinski definition) is 4. The summed E-state index contributed by atoms with van der Waals surface area (Å²) in [6, 6.07) is 10.2. The van der Waals surface area contributed by atoms with Gasteiger partial charge in [-0.15, -0.1) is 0 Å². The van der Waals surface area contributed by atoms with E-state index in [0.29, 0.717) is 15.7 Å². The van der Waals surface area contributed by atoms with Gasteiger partial charge in [0.05, 0.1) is 11.6 Å². The SMILES string of the molecule is CC(C)(C)OC(=O)N[C@](Cc1ccc(C#N)cc1)(C(=O)O)n1c(O)ccc1O. The summed E-state index contributed by atoms with van der Waals surface area (Å²) in [7, 11) is 0. The van der Waals surface area contributed by atoms with Gasteiger partial charge in [-0.1, -0.05) is 12.1 Å². The van der Waals surface area contributed by atoms with Gasteiger partial charge in [0, 0.05) is 18.6 Å². The third-order valence-electron chi connectivity index (χ3n) is 3.83. The minimum absolute atomic E-state index is 0.344. The topological polar surface area (TPSA) is 145 Å². The number of amides is 1. The van der Waals surface area contributed by atoms with E-state index in [4.69, 9.17) is 10.00 Å². The lowest BCUT2D eigenvalue weighted by molar-refractivity contribution is -0.150. The summed E-state index contributed by atoms with van der Waals surface area (Å²) in [5, 5.41) is 41.4. The number of aliphatic carboxylic acids is 1. The van der Waals surface area contributed by atoms with Gasteiger partial charge in [-0.3, -0.25) is 5.32 Å². The molecule has 28 heavy (non-hydrogen) atoms. The lowest BCUT2D eigenvalue weighted by Crippen LogP contribution is -2.58. The predicted molar refractivity (Wildman–Crippen MR) is 97.6 cm³/mol. The van der Waals surface area contributed by atoms with Crippen molar-refractivity contribution in [3.05, 3.63) is 47.5 Å². The van der Waals surface area contributed by atoms with E-state index in [0.717, 1.165) is 12.1 Å². The average molecular weight is 387 g/mol. The van der Waals surface area contributed by atoms with Gasteiger partial charge < -0.3 is 20.1 Å². The Balaban J connectivity index is 2.56. The molecule has 9 heteroatoms. The van der Waals surface area contributed by atoms with Crippen LogP contribution in [-0.2, 0) is 21.6 Å². The van der Waals surface area contributed by atoms with E-state index in [2.05, 4.69) is 5.32 Å². The number of rotatable bonds is 5. The second-order valence-electron chi connectivity index (χ2n) is 7.16. The molecule has 4 N–H and O–H groups in total. The van der Waals surface area contributed by atoms with Crippen molar-refractivity contribution < 1.29 is 29.6 Å². The Labute approximate surface area is 161 Å². The largest absolute Gasteiger partial charge is 0.494 e. The third-order valence-corrected chi connectivity index (χ3v) is 3.83. The summed E-state index contributed by atoms with van der Waals surface area (Å²) in [4.78, 5) is 24.7. The molecule has 0 aliphatic carbocycles. The van der Waals surface area contributed by atoms with Crippen molar-refractivity contribution in [2.24, 2.45) is 0 Å². The number of carbonyl (C=O) groups is 2. The molecule has 0 unspecified atom stereocenters. The Morgan fingerprint density at radius 1 is 1.11 bits per heavy atom. The minimum atomic E-state index is -2.28. The van der Waals surface area contributed by atoms with Crippen molar-refractivity contribution in [1.29, 1.82) is 5.26 Å². The molecule has 9 nitrogen and oxygen atoms in total. The van der Waals surface area contributed by atoms with Crippen LogP contribution in [0.1, 0.15) is 31.9 Å². The lowest BCUT2D eigenvalue weighted by Gasteiger charge is -2.34. The van der Waals surface area contributed by atoms with Gasteiger partial charge in [0.15, 0.2) is 11.8 Å². The highest BCUT2D eigenvalue weighted by Crippen LogP contribution is 2.33. The van der Waals surface area contributed by atoms with Crippen LogP contribution >= 0.6 is 0 Å². The molecular formula is C19H21N3O6. The molecule has 0 fully saturated rings. The number of benzene rings is 1. The van der Waals surface area contributed by atoms with Crippen LogP contribution in [-0.4, -0.2) is 37.6 Å². The highest BCUT2D eigenvalue weighted by Gasteiger charge is 2.46. The summed E-state index contributed by atoms with van der Waals surface area (Å²) in [6.07, 6.45) is -1.39. The van der Waals surface area contributed by atoms with Crippen LogP contribution < -0.4 is 5.32 Å². The number of nitrogens with one attached hydrogen (secondary N) is 1. The van der Waals surface area contributed by atoms with E-state index in [9.17, 15) is 24.9 Å². The number of nitriles is 1. The van der Waals surface area contributed by atoms with Crippen LogP contribution in [0.15, 0.2) is 36.4 Å². The van der Waals surface area contributed by atoms with Crippen molar-refractivity contribution in [2.75, 3.05) is 0 Å². The first-order valence-corrected chi connectivity index (χ1v) is 8.32. The minimum Gasteiger partial charge on any atom is -0.494 e. The molecule has 0 saturated heterocycles. The fraction of sp³-hybridized carbons (Fsp3) is 0.316. The molecule has 1 aromatic carbocycles. The van der Waals surface area contributed by atoms with Gasteiger partial charge in [0.25, 0.3) is 0 Å². The molecular weight excluding hydrogens is 366 g/mol. The van der Waals surface area contributed by atoms with Gasteiger partial charge in [0.1, 0.15) is 5.60 Å². The molecule has 2 rings (SSSR count). The summed E-state index contributed by atoms with van der Waals surface area (Å²) >= 11 is 0. The van der Waals surface area contributed by atoms with Crippen LogP contribution in [0.3, 0.4) is 0 Å². The fourth-order valence-corrected chi connectivity index (χ4v) is 2.68. The number of carboxylic acids is 1. The Hall–Kier alpha value is -3.67. The maximum atomic E-state index is 12.4. The third kappa shape index (κ3) is 4.35. The van der Waals surface area contributed by atoms with E-state index in [1.807, 2.05) is 6.07 Å². The molecule has 0 aliphatic rings. The number of ether oxygens (including phenoxy) is 1. The number of hydrogen-bond acceptors (Lipinski definition) is 6. The molecule has 0 bridgehead atoms. The summed E-state index contributed by atoms with van der Waals surface area (Å²) < 4.78 is 5.85. The molecule has 2 aromatic rings. The van der Waals surface area contributed by atoms with E-state index < -0.39 is 35.1 Å². The summed E-state index contributed by atoms with van der Waals surface area (Å²) in [5.41, 5.74) is -2.38. The molecule has 0 spiro atoms. The zero-order valence-electron chi connectivity index (χ0n) is 15.6. The lowest BCUT2D eigenvalue weighted by atomic mass is 9.98. The van der Waals surface area contributed by atoms with Crippen molar-refractivity contribution >= 4 is 12.1 Å². The van der Waals surface area contributed by atoms with Crippen LogP contribution in [0.4, 0.5) is 4.79 Å². The molecule has 1 atom stereocenters. The molecule has 1 amide bonds. The zero-order valence-corrected chi connectivity index (χ0v) is 15.6. The first-order chi connectivity index (χ1) is 13.0. The summed E-state index contributed by atoms with van der Waals surface area (Å²) in [6.45, 7) is 4.83. The van der Waals surface area contributed by atoms with Crippen molar-refractivity contribution in [1.82, 2.24) is 9.88 Å². The van der Waals surface area contributed by atoms with Crippen molar-refractivity contribution in [3.63, 3.8) is 0 Å². The van der Waals surface area contributed by atoms with Gasteiger partial charge in [0.2, 0.25) is 5.66 Å². The van der Waals surface area contributed by atoms with Crippen LogP contribution in [0.5, 0.6) is 11.8 Å². The number of aromatic nitrogens is 1. The van der Waals surface area contributed by atoms with E-state index in [1.54, 1.807) is 20.8 Å². The normalized spacial score (nSPS) is 13.2. The van der Waals surface area contributed by atoms with Gasteiger partial charge in [-0.25, -0.2) is 14.2 Å². The number of alkyl carbamates (subject to hydrolysis) is 1. The highest BCUT2D eigenvalue weighted by molar-refractivity contribution is 5.83. The quantitative estimate of drug-likeness (QED) is 0.616. The van der Waals surface area contributed by atoms with Gasteiger partial charge in [-0.2, -0.15) is 5.26 Å². The molecule has 1 heterocycles. The Morgan fingerprint density at radius 2 is 1.64 bits per heavy atom. The predicted octanol–water partition coefficient (Wildman–Crippen LogP) is 2.28.